The van der Waals surface area contributed by atoms with Crippen molar-refractivity contribution >= 4 is 17.4 Å². The van der Waals surface area contributed by atoms with Crippen molar-refractivity contribution in [3.8, 4) is 0 Å². The smallest absolute Gasteiger partial charge is 0.300 e. The molecule has 1 aliphatic carbocycles. The van der Waals surface area contributed by atoms with Crippen LogP contribution < -0.4 is 11.1 Å². The van der Waals surface area contributed by atoms with Crippen molar-refractivity contribution in [2.75, 3.05) is 12.3 Å². The van der Waals surface area contributed by atoms with Crippen molar-refractivity contribution in [2.24, 2.45) is 11.3 Å². The van der Waals surface area contributed by atoms with E-state index in [1.165, 1.54) is 6.07 Å². The molecule has 1 saturated carbocycles. The quantitative estimate of drug-likeness (QED) is 0.629. The molecule has 0 radical (unpaired) electrons. The van der Waals surface area contributed by atoms with Gasteiger partial charge in [0.15, 0.2) is 0 Å². The Morgan fingerprint density at radius 1 is 1.60 bits per heavy atom. The molecule has 0 aromatic carbocycles. The van der Waals surface area contributed by atoms with Crippen molar-refractivity contribution in [1.82, 2.24) is 10.3 Å². The fourth-order valence-electron chi connectivity index (χ4n) is 2.26. The number of pyridine rings is 1. The van der Waals surface area contributed by atoms with Crippen LogP contribution in [0.5, 0.6) is 0 Å². The first-order chi connectivity index (χ1) is 9.35. The Bertz CT molecular complexity index is 553. The van der Waals surface area contributed by atoms with E-state index < -0.39 is 10.8 Å². The summed E-state index contributed by atoms with van der Waals surface area (Å²) in [7, 11) is 0. The normalized spacial score (nSPS) is 15.9. The Labute approximate surface area is 116 Å². The lowest BCUT2D eigenvalue weighted by molar-refractivity contribution is -0.385. The minimum Gasteiger partial charge on any atom is -0.384 e. The zero-order chi connectivity index (χ0) is 14.9. The summed E-state index contributed by atoms with van der Waals surface area (Å²) in [5.74, 6) is 0.0868. The first-order valence-electron chi connectivity index (χ1n) is 6.54. The summed E-state index contributed by atoms with van der Waals surface area (Å²) in [5, 5.41) is 13.7. The molecule has 0 spiro atoms. The van der Waals surface area contributed by atoms with Gasteiger partial charge >= 0.3 is 0 Å². The van der Waals surface area contributed by atoms with Crippen molar-refractivity contribution < 1.29 is 9.72 Å². The highest BCUT2D eigenvalue weighted by Crippen LogP contribution is 2.51. The van der Waals surface area contributed by atoms with Crippen LogP contribution in [0.4, 0.5) is 11.5 Å². The van der Waals surface area contributed by atoms with E-state index in [9.17, 15) is 14.9 Å². The van der Waals surface area contributed by atoms with Crippen molar-refractivity contribution in [2.45, 2.75) is 26.7 Å². The number of carbonyl (C=O) groups is 1. The number of rotatable bonds is 5. The van der Waals surface area contributed by atoms with Gasteiger partial charge < -0.3 is 11.1 Å². The second-order valence-electron chi connectivity index (χ2n) is 5.58. The minimum absolute atomic E-state index is 0.0398. The van der Waals surface area contributed by atoms with Crippen molar-refractivity contribution in [3.63, 3.8) is 0 Å². The number of hydrogen-bond acceptors (Lipinski definition) is 5. The largest absolute Gasteiger partial charge is 0.384 e. The highest BCUT2D eigenvalue weighted by Gasteiger charge is 2.45. The molecule has 1 heterocycles. The van der Waals surface area contributed by atoms with Gasteiger partial charge in [0.25, 0.3) is 11.6 Å². The standard InChI is InChI=1S/C13H18N4O3/c1-8(2)13(3-4-13)7-16-12(18)9-5-11(14)15-6-10(9)17(19)20/h5-6,8H,3-4,7H2,1-2H3,(H2,14,15)(H,16,18). The van der Waals surface area contributed by atoms with Gasteiger partial charge in [-0.25, -0.2) is 4.98 Å². The summed E-state index contributed by atoms with van der Waals surface area (Å²) in [5.41, 5.74) is 5.27. The second kappa shape index (κ2) is 5.07. The third-order valence-electron chi connectivity index (χ3n) is 4.06. The Morgan fingerprint density at radius 3 is 2.75 bits per heavy atom. The summed E-state index contributed by atoms with van der Waals surface area (Å²) in [4.78, 5) is 26.0. The monoisotopic (exact) mass is 278 g/mol. The summed E-state index contributed by atoms with van der Waals surface area (Å²) in [6.07, 6.45) is 3.16. The number of nitrogens with zero attached hydrogens (tertiary/aromatic N) is 2. The topological polar surface area (TPSA) is 111 Å². The zero-order valence-electron chi connectivity index (χ0n) is 11.5. The van der Waals surface area contributed by atoms with Gasteiger partial charge in [-0.2, -0.15) is 0 Å². The van der Waals surface area contributed by atoms with Gasteiger partial charge in [0.2, 0.25) is 0 Å². The van der Waals surface area contributed by atoms with E-state index in [0.717, 1.165) is 19.0 Å². The molecule has 0 bridgehead atoms. The molecule has 108 valence electrons. The fraction of sp³-hybridized carbons (Fsp3) is 0.538. The van der Waals surface area contributed by atoms with Gasteiger partial charge in [0.1, 0.15) is 17.6 Å². The van der Waals surface area contributed by atoms with Crippen LogP contribution in [-0.4, -0.2) is 22.4 Å². The van der Waals surface area contributed by atoms with Crippen molar-refractivity contribution in [1.29, 1.82) is 0 Å². The number of anilines is 1. The van der Waals surface area contributed by atoms with E-state index in [1.807, 2.05) is 0 Å². The van der Waals surface area contributed by atoms with Crippen LogP contribution in [0.3, 0.4) is 0 Å². The Hall–Kier alpha value is -2.18. The number of amides is 1. The Morgan fingerprint density at radius 2 is 2.25 bits per heavy atom. The first kappa shape index (κ1) is 14.2. The van der Waals surface area contributed by atoms with Crippen LogP contribution in [-0.2, 0) is 0 Å². The maximum absolute atomic E-state index is 12.1. The molecule has 2 rings (SSSR count). The summed E-state index contributed by atoms with van der Waals surface area (Å²) < 4.78 is 0. The van der Waals surface area contributed by atoms with Crippen LogP contribution in [0.25, 0.3) is 0 Å². The second-order valence-corrected chi connectivity index (χ2v) is 5.58. The molecule has 1 aromatic heterocycles. The average molecular weight is 278 g/mol. The van der Waals surface area contributed by atoms with Crippen LogP contribution in [0.1, 0.15) is 37.0 Å². The zero-order valence-corrected chi connectivity index (χ0v) is 11.5. The molecule has 7 nitrogen and oxygen atoms in total. The molecular formula is C13H18N4O3. The van der Waals surface area contributed by atoms with Gasteiger partial charge in [0, 0.05) is 6.54 Å². The number of nitrogen functional groups attached to an aromatic ring is 1. The van der Waals surface area contributed by atoms with E-state index in [-0.39, 0.29) is 22.5 Å². The average Bonchev–Trinajstić information content (AvgIpc) is 3.16. The molecule has 1 aliphatic rings. The summed E-state index contributed by atoms with van der Waals surface area (Å²) in [6.45, 7) is 4.76. The minimum atomic E-state index is -0.628. The number of nitro groups is 1. The molecule has 1 amide bonds. The molecule has 0 atom stereocenters. The fourth-order valence-corrected chi connectivity index (χ4v) is 2.26. The molecule has 20 heavy (non-hydrogen) atoms. The predicted octanol–water partition coefficient (Wildman–Crippen LogP) is 1.74. The van der Waals surface area contributed by atoms with Crippen LogP contribution in [0, 0.1) is 21.4 Å². The molecule has 0 aliphatic heterocycles. The maximum Gasteiger partial charge on any atom is 0.300 e. The van der Waals surface area contributed by atoms with Gasteiger partial charge in [-0.15, -0.1) is 0 Å². The lowest BCUT2D eigenvalue weighted by Crippen LogP contribution is -2.33. The SMILES string of the molecule is CC(C)C1(CNC(=O)c2cc(N)ncc2[N+](=O)[O-])CC1. The van der Waals surface area contributed by atoms with Gasteiger partial charge in [-0.3, -0.25) is 14.9 Å². The molecule has 7 heteroatoms. The van der Waals surface area contributed by atoms with Gasteiger partial charge in [0.05, 0.1) is 4.92 Å². The molecule has 3 N–H and O–H groups in total. The lowest BCUT2D eigenvalue weighted by atomic mass is 9.92. The van der Waals surface area contributed by atoms with E-state index in [2.05, 4.69) is 24.1 Å². The number of nitrogens with two attached hydrogens (primary N) is 1. The molecule has 1 aromatic rings. The Kier molecular flexibility index (Phi) is 3.61. The third kappa shape index (κ3) is 2.71. The molecular weight excluding hydrogens is 260 g/mol. The van der Waals surface area contributed by atoms with E-state index >= 15 is 0 Å². The van der Waals surface area contributed by atoms with Crippen LogP contribution in [0.15, 0.2) is 12.3 Å². The van der Waals surface area contributed by atoms with Crippen LogP contribution in [0.2, 0.25) is 0 Å². The van der Waals surface area contributed by atoms with Gasteiger partial charge in [-0.1, -0.05) is 13.8 Å². The van der Waals surface area contributed by atoms with Crippen LogP contribution >= 0.6 is 0 Å². The van der Waals surface area contributed by atoms with E-state index in [0.29, 0.717) is 12.5 Å². The maximum atomic E-state index is 12.1. The highest BCUT2D eigenvalue weighted by atomic mass is 16.6. The molecule has 0 saturated heterocycles. The molecule has 1 fully saturated rings. The summed E-state index contributed by atoms with van der Waals surface area (Å²) >= 11 is 0. The third-order valence-corrected chi connectivity index (χ3v) is 4.06. The predicted molar refractivity (Wildman–Crippen MR) is 74.1 cm³/mol. The van der Waals surface area contributed by atoms with E-state index in [4.69, 9.17) is 5.73 Å². The number of nitrogens with one attached hydrogen (secondary N) is 1. The van der Waals surface area contributed by atoms with Gasteiger partial charge in [-0.05, 0) is 30.2 Å². The molecule has 0 unspecified atom stereocenters. The number of hydrogen-bond donors (Lipinski definition) is 2. The Balaban J connectivity index is 2.13. The lowest BCUT2D eigenvalue weighted by Gasteiger charge is -2.19. The summed E-state index contributed by atoms with van der Waals surface area (Å²) in [6, 6.07) is 1.24. The van der Waals surface area contributed by atoms with Crippen molar-refractivity contribution in [3.05, 3.63) is 27.9 Å². The highest BCUT2D eigenvalue weighted by molar-refractivity contribution is 5.98. The number of aromatic nitrogens is 1. The number of carbonyl (C=O) groups excluding carboxylic acids is 1. The van der Waals surface area contributed by atoms with E-state index in [1.54, 1.807) is 0 Å². The first-order valence-corrected chi connectivity index (χ1v) is 6.54.